The predicted molar refractivity (Wildman–Crippen MR) is 81.4 cm³/mol. The molecule has 1 aromatic carbocycles. The SMILES string of the molecule is C[C@H](CS(C)(=O)=O)C(=O)N[C@@H](C)CNc1ccccc1. The maximum atomic E-state index is 11.8. The van der Waals surface area contributed by atoms with Crippen molar-refractivity contribution in [2.24, 2.45) is 5.92 Å². The van der Waals surface area contributed by atoms with E-state index in [-0.39, 0.29) is 17.7 Å². The third kappa shape index (κ3) is 6.56. The number of sulfone groups is 1. The van der Waals surface area contributed by atoms with Crippen LogP contribution in [0.3, 0.4) is 0 Å². The van der Waals surface area contributed by atoms with E-state index in [0.29, 0.717) is 6.54 Å². The van der Waals surface area contributed by atoms with Gasteiger partial charge in [-0.15, -0.1) is 0 Å². The Kier molecular flexibility index (Phi) is 6.01. The van der Waals surface area contributed by atoms with Crippen molar-refractivity contribution in [2.45, 2.75) is 19.9 Å². The molecule has 6 heteroatoms. The lowest BCUT2D eigenvalue weighted by molar-refractivity contribution is -0.124. The van der Waals surface area contributed by atoms with Crippen molar-refractivity contribution in [2.75, 3.05) is 23.9 Å². The molecule has 1 amide bonds. The molecule has 0 spiro atoms. The summed E-state index contributed by atoms with van der Waals surface area (Å²) in [6.07, 6.45) is 1.14. The van der Waals surface area contributed by atoms with Crippen LogP contribution >= 0.6 is 0 Å². The molecular formula is C14H22N2O3S. The van der Waals surface area contributed by atoms with E-state index in [1.165, 1.54) is 0 Å². The molecule has 0 aromatic heterocycles. The van der Waals surface area contributed by atoms with Crippen LogP contribution < -0.4 is 10.6 Å². The number of anilines is 1. The third-order valence-electron chi connectivity index (χ3n) is 2.78. The summed E-state index contributed by atoms with van der Waals surface area (Å²) in [5.74, 6) is -0.903. The molecule has 0 unspecified atom stereocenters. The Hall–Kier alpha value is -1.56. The van der Waals surface area contributed by atoms with Gasteiger partial charge in [0.2, 0.25) is 5.91 Å². The molecule has 0 heterocycles. The van der Waals surface area contributed by atoms with Gasteiger partial charge in [-0.2, -0.15) is 0 Å². The van der Waals surface area contributed by atoms with E-state index < -0.39 is 15.8 Å². The molecular weight excluding hydrogens is 276 g/mol. The molecule has 0 saturated carbocycles. The molecule has 0 saturated heterocycles. The van der Waals surface area contributed by atoms with Crippen LogP contribution in [-0.4, -0.2) is 38.9 Å². The van der Waals surface area contributed by atoms with Gasteiger partial charge in [0, 0.05) is 30.4 Å². The first-order chi connectivity index (χ1) is 9.28. The maximum absolute atomic E-state index is 11.8. The fourth-order valence-corrected chi connectivity index (χ4v) is 2.85. The number of rotatable bonds is 7. The van der Waals surface area contributed by atoms with Crippen LogP contribution in [0.4, 0.5) is 5.69 Å². The highest BCUT2D eigenvalue weighted by Crippen LogP contribution is 2.05. The van der Waals surface area contributed by atoms with Crippen LogP contribution in [0.25, 0.3) is 0 Å². The maximum Gasteiger partial charge on any atom is 0.224 e. The molecule has 1 rings (SSSR count). The van der Waals surface area contributed by atoms with Crippen LogP contribution in [0.2, 0.25) is 0 Å². The van der Waals surface area contributed by atoms with E-state index >= 15 is 0 Å². The predicted octanol–water partition coefficient (Wildman–Crippen LogP) is 1.28. The topological polar surface area (TPSA) is 75.3 Å². The Morgan fingerprint density at radius 1 is 1.20 bits per heavy atom. The van der Waals surface area contributed by atoms with E-state index in [2.05, 4.69) is 10.6 Å². The number of amides is 1. The average molecular weight is 298 g/mol. The molecule has 0 bridgehead atoms. The first kappa shape index (κ1) is 16.5. The smallest absolute Gasteiger partial charge is 0.224 e. The Balaban J connectivity index is 2.38. The number of nitrogens with one attached hydrogen (secondary N) is 2. The van der Waals surface area contributed by atoms with Crippen LogP contribution in [-0.2, 0) is 14.6 Å². The number of hydrogen-bond acceptors (Lipinski definition) is 4. The lowest BCUT2D eigenvalue weighted by Crippen LogP contribution is -2.41. The second-order valence-electron chi connectivity index (χ2n) is 5.15. The summed E-state index contributed by atoms with van der Waals surface area (Å²) in [7, 11) is -3.14. The summed E-state index contributed by atoms with van der Waals surface area (Å²) < 4.78 is 22.3. The Bertz CT molecular complexity index is 529. The quantitative estimate of drug-likeness (QED) is 0.795. The van der Waals surface area contributed by atoms with Gasteiger partial charge in [-0.1, -0.05) is 25.1 Å². The van der Waals surface area contributed by atoms with Crippen LogP contribution in [0, 0.1) is 5.92 Å². The summed E-state index contributed by atoms with van der Waals surface area (Å²) in [5, 5.41) is 6.01. The fourth-order valence-electron chi connectivity index (χ4n) is 1.79. The summed E-state index contributed by atoms with van der Waals surface area (Å²) in [6.45, 7) is 4.08. The standard InChI is InChI=1S/C14H22N2O3S/c1-11(10-20(3,18)19)14(17)16-12(2)9-15-13-7-5-4-6-8-13/h4-8,11-12,15H,9-10H2,1-3H3,(H,16,17)/t11-,12+/m1/s1. The van der Waals surface area contributed by atoms with Gasteiger partial charge in [0.25, 0.3) is 0 Å². The first-order valence-electron chi connectivity index (χ1n) is 6.55. The molecule has 0 fully saturated rings. The number of para-hydroxylation sites is 1. The van der Waals surface area contributed by atoms with E-state index in [1.54, 1.807) is 6.92 Å². The second-order valence-corrected chi connectivity index (χ2v) is 7.33. The zero-order valence-corrected chi connectivity index (χ0v) is 12.9. The van der Waals surface area contributed by atoms with Crippen molar-refractivity contribution in [1.29, 1.82) is 0 Å². The highest BCUT2D eigenvalue weighted by Gasteiger charge is 2.19. The van der Waals surface area contributed by atoms with Crippen molar-refractivity contribution in [3.63, 3.8) is 0 Å². The Morgan fingerprint density at radius 2 is 1.80 bits per heavy atom. The normalized spacial score (nSPS) is 14.3. The van der Waals surface area contributed by atoms with Crippen molar-refractivity contribution >= 4 is 21.4 Å². The Morgan fingerprint density at radius 3 is 2.35 bits per heavy atom. The van der Waals surface area contributed by atoms with Crippen molar-refractivity contribution in [3.8, 4) is 0 Å². The number of carbonyl (C=O) groups is 1. The summed E-state index contributed by atoms with van der Waals surface area (Å²) in [4.78, 5) is 11.8. The highest BCUT2D eigenvalue weighted by molar-refractivity contribution is 7.90. The van der Waals surface area contributed by atoms with Gasteiger partial charge in [0.1, 0.15) is 9.84 Å². The van der Waals surface area contributed by atoms with Gasteiger partial charge >= 0.3 is 0 Å². The van der Waals surface area contributed by atoms with E-state index in [1.807, 2.05) is 37.3 Å². The van der Waals surface area contributed by atoms with Crippen molar-refractivity contribution < 1.29 is 13.2 Å². The molecule has 0 aliphatic heterocycles. The lowest BCUT2D eigenvalue weighted by atomic mass is 10.2. The fraction of sp³-hybridized carbons (Fsp3) is 0.500. The Labute approximate surface area is 120 Å². The average Bonchev–Trinajstić information content (AvgIpc) is 2.35. The molecule has 1 aromatic rings. The van der Waals surface area contributed by atoms with E-state index in [4.69, 9.17) is 0 Å². The molecule has 2 N–H and O–H groups in total. The molecule has 5 nitrogen and oxygen atoms in total. The lowest BCUT2D eigenvalue weighted by Gasteiger charge is -2.18. The third-order valence-corrected chi connectivity index (χ3v) is 3.88. The molecule has 20 heavy (non-hydrogen) atoms. The monoisotopic (exact) mass is 298 g/mol. The van der Waals surface area contributed by atoms with Crippen molar-refractivity contribution in [3.05, 3.63) is 30.3 Å². The number of carbonyl (C=O) groups excluding carboxylic acids is 1. The van der Waals surface area contributed by atoms with Gasteiger partial charge in [0.15, 0.2) is 0 Å². The van der Waals surface area contributed by atoms with Crippen LogP contribution in [0.1, 0.15) is 13.8 Å². The van der Waals surface area contributed by atoms with Gasteiger partial charge in [-0.3, -0.25) is 4.79 Å². The minimum Gasteiger partial charge on any atom is -0.383 e. The molecule has 0 aliphatic carbocycles. The minimum absolute atomic E-state index is 0.0790. The minimum atomic E-state index is -3.14. The largest absolute Gasteiger partial charge is 0.383 e. The molecule has 112 valence electrons. The zero-order valence-electron chi connectivity index (χ0n) is 12.1. The summed E-state index contributed by atoms with van der Waals surface area (Å²) in [6, 6.07) is 9.61. The van der Waals surface area contributed by atoms with Crippen molar-refractivity contribution in [1.82, 2.24) is 5.32 Å². The van der Waals surface area contributed by atoms with E-state index in [0.717, 1.165) is 11.9 Å². The molecule has 0 aliphatic rings. The van der Waals surface area contributed by atoms with Gasteiger partial charge in [-0.05, 0) is 19.1 Å². The second kappa shape index (κ2) is 7.28. The number of benzene rings is 1. The van der Waals surface area contributed by atoms with Gasteiger partial charge in [-0.25, -0.2) is 8.42 Å². The highest BCUT2D eigenvalue weighted by atomic mass is 32.2. The number of hydrogen-bond donors (Lipinski definition) is 2. The molecule has 2 atom stereocenters. The zero-order chi connectivity index (χ0) is 15.2. The van der Waals surface area contributed by atoms with E-state index in [9.17, 15) is 13.2 Å². The summed E-state index contributed by atoms with van der Waals surface area (Å²) in [5.41, 5.74) is 0.984. The van der Waals surface area contributed by atoms with Crippen LogP contribution in [0.5, 0.6) is 0 Å². The summed E-state index contributed by atoms with van der Waals surface area (Å²) >= 11 is 0. The molecule has 0 radical (unpaired) electrons. The first-order valence-corrected chi connectivity index (χ1v) is 8.61. The van der Waals surface area contributed by atoms with Gasteiger partial charge < -0.3 is 10.6 Å². The van der Waals surface area contributed by atoms with Crippen LogP contribution in [0.15, 0.2) is 30.3 Å². The van der Waals surface area contributed by atoms with Gasteiger partial charge in [0.05, 0.1) is 5.75 Å².